The Balaban J connectivity index is 0.000000138. The highest BCUT2D eigenvalue weighted by Gasteiger charge is 2.38. The Morgan fingerprint density at radius 1 is 0.353 bits per heavy atom. The first-order valence-corrected chi connectivity index (χ1v) is 41.2. The number of hydrogen-bond acceptors (Lipinski definition) is 22. The summed E-state index contributed by atoms with van der Waals surface area (Å²) < 4.78 is 36.7. The molecule has 8 aliphatic rings. The number of ether oxygens (including phenoxy) is 6. The summed E-state index contributed by atoms with van der Waals surface area (Å²) in [5.41, 5.74) is 9.24. The van der Waals surface area contributed by atoms with Gasteiger partial charge >= 0.3 is 23.9 Å². The number of aliphatic imine (C=N–C) groups is 4. The van der Waals surface area contributed by atoms with Gasteiger partial charge in [-0.25, -0.2) is 20.0 Å². The SMILES string of the molecule is COc1ccc2c(c1)C(N1CCN(CC(C)(C)C(=O)O)CC1)=Nc1ccc(C)cc1O2.COc1ccc2c(c1)N=C(N1CCN(CC(C)(C)C(=O)O)CC1)c1cc(C)ccc1O2.Cc1ccc2c(c1)C(N1CCN(CCC(=O)O)CC1)=Nc1ccccc1O2.Cc1ccc2c(c1)Oc1ccc(Br)cc1C(N1CCN(CC(C)(C)C(=O)O)CC1)=N2. The Bertz CT molecular complexity index is 5220. The highest BCUT2D eigenvalue weighted by Crippen LogP contribution is 2.45. The fourth-order valence-electron chi connectivity index (χ4n) is 15.3. The molecule has 0 atom stereocenters. The molecule has 8 aliphatic heterocycles. The summed E-state index contributed by atoms with van der Waals surface area (Å²) in [6, 6.07) is 49.6. The number of amidine groups is 4. The van der Waals surface area contributed by atoms with Crippen molar-refractivity contribution in [1.82, 2.24) is 39.2 Å². The van der Waals surface area contributed by atoms with Crippen molar-refractivity contribution in [2.24, 2.45) is 36.2 Å². The van der Waals surface area contributed by atoms with Crippen LogP contribution in [0.25, 0.3) is 0 Å². The van der Waals surface area contributed by atoms with Crippen molar-refractivity contribution >= 4 is 85.9 Å². The maximum atomic E-state index is 11.5. The molecule has 4 fully saturated rings. The second-order valence-corrected chi connectivity index (χ2v) is 34.1. The van der Waals surface area contributed by atoms with E-state index in [0.29, 0.717) is 31.9 Å². The third kappa shape index (κ3) is 20.9. The molecule has 0 aromatic heterocycles. The molecular weight excluding hydrogens is 1580 g/mol. The number of nitrogens with zero attached hydrogens (tertiary/aromatic N) is 12. The third-order valence-corrected chi connectivity index (χ3v) is 22.8. The molecular formula is C92H107BrN12O14. The predicted molar refractivity (Wildman–Crippen MR) is 465 cm³/mol. The fourth-order valence-corrected chi connectivity index (χ4v) is 15.7. The van der Waals surface area contributed by atoms with Crippen LogP contribution in [0.4, 0.5) is 22.7 Å². The Hall–Kier alpha value is -11.4. The van der Waals surface area contributed by atoms with Gasteiger partial charge in [0, 0.05) is 141 Å². The minimum absolute atomic E-state index is 0.185. The number of aryl methyl sites for hydroxylation is 4. The Morgan fingerprint density at radius 2 is 0.664 bits per heavy atom. The molecule has 8 heterocycles. The van der Waals surface area contributed by atoms with Gasteiger partial charge in [0.05, 0.1) is 59.1 Å². The van der Waals surface area contributed by atoms with E-state index < -0.39 is 40.1 Å². The molecule has 0 aliphatic carbocycles. The molecule has 0 bridgehead atoms. The number of rotatable bonds is 14. The number of piperazine rings is 4. The third-order valence-electron chi connectivity index (χ3n) is 22.3. The van der Waals surface area contributed by atoms with Crippen LogP contribution in [0.1, 0.15) is 92.5 Å². The molecule has 4 saturated heterocycles. The van der Waals surface area contributed by atoms with E-state index in [9.17, 15) is 34.5 Å². The first kappa shape index (κ1) is 85.5. The molecule has 27 heteroatoms. The van der Waals surface area contributed by atoms with Crippen molar-refractivity contribution in [3.63, 3.8) is 0 Å². The lowest BCUT2D eigenvalue weighted by molar-refractivity contribution is -0.149. The van der Waals surface area contributed by atoms with E-state index in [1.165, 1.54) is 0 Å². The number of para-hydroxylation sites is 2. The second kappa shape index (κ2) is 36.9. The van der Waals surface area contributed by atoms with E-state index in [1.54, 1.807) is 55.8 Å². The van der Waals surface area contributed by atoms with Gasteiger partial charge in [-0.2, -0.15) is 0 Å². The Morgan fingerprint density at radius 3 is 1.07 bits per heavy atom. The van der Waals surface area contributed by atoms with Gasteiger partial charge in [-0.3, -0.25) is 38.8 Å². The van der Waals surface area contributed by atoms with Crippen LogP contribution in [-0.2, 0) is 19.2 Å². The van der Waals surface area contributed by atoms with Crippen LogP contribution in [-0.4, -0.2) is 252 Å². The van der Waals surface area contributed by atoms with Gasteiger partial charge in [0.2, 0.25) is 0 Å². The molecule has 0 saturated carbocycles. The van der Waals surface area contributed by atoms with Crippen LogP contribution in [0.3, 0.4) is 0 Å². The number of carboxylic acid groups (broad SMARTS) is 4. The van der Waals surface area contributed by atoms with Crippen molar-refractivity contribution in [2.45, 2.75) is 75.7 Å². The lowest BCUT2D eigenvalue weighted by Gasteiger charge is -2.39. The minimum Gasteiger partial charge on any atom is -0.497 e. The maximum Gasteiger partial charge on any atom is 0.310 e. The zero-order valence-corrected chi connectivity index (χ0v) is 71.5. The van der Waals surface area contributed by atoms with Gasteiger partial charge in [-0.15, -0.1) is 0 Å². The largest absolute Gasteiger partial charge is 0.497 e. The number of aliphatic carboxylic acids is 4. The van der Waals surface area contributed by atoms with Crippen LogP contribution in [0.15, 0.2) is 176 Å². The monoisotopic (exact) mass is 1680 g/mol. The molecule has 4 N–H and O–H groups in total. The normalized spacial score (nSPS) is 16.6. The molecule has 0 spiro atoms. The summed E-state index contributed by atoms with van der Waals surface area (Å²) in [4.78, 5) is 83.2. The summed E-state index contributed by atoms with van der Waals surface area (Å²) in [6.07, 6.45) is 0.185. The smallest absolute Gasteiger partial charge is 0.310 e. The van der Waals surface area contributed by atoms with Crippen molar-refractivity contribution in [1.29, 1.82) is 0 Å². The van der Waals surface area contributed by atoms with Gasteiger partial charge in [0.25, 0.3) is 0 Å². The highest BCUT2D eigenvalue weighted by molar-refractivity contribution is 9.10. The van der Waals surface area contributed by atoms with E-state index in [-0.39, 0.29) is 6.42 Å². The lowest BCUT2D eigenvalue weighted by Crippen LogP contribution is -2.52. The first-order valence-electron chi connectivity index (χ1n) is 40.4. The molecule has 119 heavy (non-hydrogen) atoms. The van der Waals surface area contributed by atoms with Crippen molar-refractivity contribution < 1.29 is 68.0 Å². The summed E-state index contributed by atoms with van der Waals surface area (Å²) in [5, 5.41) is 37.2. The number of halogens is 1. The molecule has 0 unspecified atom stereocenters. The maximum absolute atomic E-state index is 11.5. The van der Waals surface area contributed by atoms with E-state index >= 15 is 0 Å². The summed E-state index contributed by atoms with van der Waals surface area (Å²) in [5.74, 6) is 8.08. The van der Waals surface area contributed by atoms with Gasteiger partial charge in [-0.1, -0.05) is 63.5 Å². The van der Waals surface area contributed by atoms with Crippen LogP contribution in [0.2, 0.25) is 0 Å². The molecule has 16 rings (SSSR count). The first-order chi connectivity index (χ1) is 56.8. The Labute approximate surface area is 704 Å². The van der Waals surface area contributed by atoms with Gasteiger partial charge in [0.15, 0.2) is 23.0 Å². The second-order valence-electron chi connectivity index (χ2n) is 33.2. The van der Waals surface area contributed by atoms with E-state index in [2.05, 4.69) is 81.1 Å². The van der Waals surface area contributed by atoms with Crippen molar-refractivity contribution in [3.05, 3.63) is 201 Å². The topological polar surface area (TPSA) is 280 Å². The zero-order valence-electron chi connectivity index (χ0n) is 69.9. The van der Waals surface area contributed by atoms with E-state index in [0.717, 1.165) is 252 Å². The van der Waals surface area contributed by atoms with Gasteiger partial charge < -0.3 is 68.4 Å². The van der Waals surface area contributed by atoms with E-state index in [4.69, 9.17) is 53.5 Å². The van der Waals surface area contributed by atoms with Crippen LogP contribution in [0.5, 0.6) is 57.5 Å². The van der Waals surface area contributed by atoms with E-state index in [1.807, 2.05) is 153 Å². The molecule has 626 valence electrons. The summed E-state index contributed by atoms with van der Waals surface area (Å²) >= 11 is 3.58. The average Bonchev–Trinajstić information content (AvgIpc) is 1.68. The van der Waals surface area contributed by atoms with Gasteiger partial charge in [0.1, 0.15) is 80.6 Å². The number of carbonyl (C=O) groups is 4. The van der Waals surface area contributed by atoms with Crippen molar-refractivity contribution in [2.75, 3.05) is 145 Å². The molecule has 8 aromatic carbocycles. The number of methoxy groups -OCH3 is 2. The predicted octanol–water partition coefficient (Wildman–Crippen LogP) is 15.8. The number of benzene rings is 8. The van der Waals surface area contributed by atoms with Crippen molar-refractivity contribution in [3.8, 4) is 57.5 Å². The van der Waals surface area contributed by atoms with Crippen LogP contribution >= 0.6 is 15.9 Å². The fraction of sp³-hybridized carbons (Fsp3) is 0.391. The minimum atomic E-state index is -0.771. The average molecular weight is 1680 g/mol. The number of hydrogen-bond donors (Lipinski definition) is 4. The summed E-state index contributed by atoms with van der Waals surface area (Å²) in [7, 11) is 3.29. The quantitative estimate of drug-likeness (QED) is 0.0787. The standard InChI is InChI=1S/2C24H29N3O4.C23H26BrN3O3.C21H23N3O3/c1-16-5-7-19-21(13-16)31-20-8-6-17(30-4)14-18(20)22(25-19)27-11-9-26(10-12-27)15-24(2,3)23(28)29;1-16-5-7-20-18(13-16)22(25-19-14-17(30-4)6-8-21(19)31-20)27-11-9-26(10-12-27)15-24(2,3)23(28)29;1-15-4-6-18-20(12-15)30-19-7-5-16(24)13-17(19)21(25-18)27-10-8-26(9-11-27)14-23(2,3)22(28)29;1-15-6-7-18-16(14-15)21(22-17-4-2-3-5-19(17)27-18)24-12-10-23(11-13-24)9-8-20(25)26/h2*5-8,13-14H,9-12,15H2,1-4H3,(H,28,29);4-7,12-13H,8-11,14H2,1-3H3,(H,28,29);2-7,14H,8-13H2,1H3,(H,25,26). The van der Waals surface area contributed by atoms with Crippen LogP contribution < -0.4 is 28.4 Å². The number of carboxylic acids is 4. The zero-order chi connectivity index (χ0) is 84.6. The highest BCUT2D eigenvalue weighted by atomic mass is 79.9. The summed E-state index contributed by atoms with van der Waals surface area (Å²) in [6.45, 7) is 33.6. The molecule has 26 nitrogen and oxygen atoms in total. The Kier molecular flexibility index (Phi) is 26.5. The lowest BCUT2D eigenvalue weighted by atomic mass is 9.93. The molecule has 8 aromatic rings. The van der Waals surface area contributed by atoms with Crippen LogP contribution in [0, 0.1) is 43.9 Å². The number of fused-ring (bicyclic) bond motifs is 8. The molecule has 0 amide bonds. The van der Waals surface area contributed by atoms with Gasteiger partial charge in [-0.05, 0) is 190 Å². The molecule has 0 radical (unpaired) electrons.